The third-order valence-electron chi connectivity index (χ3n) is 5.76. The summed E-state index contributed by atoms with van der Waals surface area (Å²) in [5, 5.41) is 3.35. The van der Waals surface area contributed by atoms with E-state index in [1.54, 1.807) is 7.11 Å². The second-order valence-electron chi connectivity index (χ2n) is 7.18. The summed E-state index contributed by atoms with van der Waals surface area (Å²) in [5.41, 5.74) is 0.156. The lowest BCUT2D eigenvalue weighted by atomic mass is 9.73. The molecule has 20 heavy (non-hydrogen) atoms. The second kappa shape index (κ2) is 5.64. The molecule has 3 rings (SSSR count). The van der Waals surface area contributed by atoms with Gasteiger partial charge in [0, 0.05) is 26.7 Å². The minimum absolute atomic E-state index is 0.297. The molecule has 1 N–H and O–H groups in total. The first-order valence-electron chi connectivity index (χ1n) is 8.19. The lowest BCUT2D eigenvalue weighted by Crippen LogP contribution is -2.47. The van der Waals surface area contributed by atoms with Gasteiger partial charge in [0.25, 0.3) is 0 Å². The van der Waals surface area contributed by atoms with E-state index in [0.717, 1.165) is 32.6 Å². The zero-order valence-corrected chi connectivity index (χ0v) is 12.7. The molecule has 1 spiro atoms. The number of carbonyl (C=O) groups excluding carboxylic acids is 1. The average Bonchev–Trinajstić information content (AvgIpc) is 3.08. The molecule has 2 heterocycles. The first-order valence-corrected chi connectivity index (χ1v) is 8.19. The van der Waals surface area contributed by atoms with Gasteiger partial charge in [-0.1, -0.05) is 19.3 Å². The number of methoxy groups -OCH3 is 1. The highest BCUT2D eigenvalue weighted by atomic mass is 16.5. The number of nitrogens with zero attached hydrogens (tertiary/aromatic N) is 1. The maximum atomic E-state index is 13.0. The average molecular weight is 280 g/mol. The van der Waals surface area contributed by atoms with Crippen LogP contribution in [0.4, 0.5) is 0 Å². The lowest BCUT2D eigenvalue weighted by Gasteiger charge is -2.35. The molecule has 2 saturated heterocycles. The maximum absolute atomic E-state index is 13.0. The summed E-state index contributed by atoms with van der Waals surface area (Å²) < 4.78 is 5.36. The van der Waals surface area contributed by atoms with E-state index < -0.39 is 0 Å². The number of ether oxygens (including phenoxy) is 1. The largest absolute Gasteiger partial charge is 0.384 e. The van der Waals surface area contributed by atoms with Gasteiger partial charge in [0.05, 0.1) is 12.0 Å². The number of hydrogen-bond donors (Lipinski definition) is 1. The van der Waals surface area contributed by atoms with Crippen LogP contribution in [0.25, 0.3) is 0 Å². The van der Waals surface area contributed by atoms with E-state index in [4.69, 9.17) is 4.74 Å². The van der Waals surface area contributed by atoms with Gasteiger partial charge in [0.2, 0.25) is 5.91 Å². The second-order valence-corrected chi connectivity index (χ2v) is 7.18. The summed E-state index contributed by atoms with van der Waals surface area (Å²) in [4.78, 5) is 15.1. The molecule has 0 aromatic heterocycles. The number of amides is 1. The minimum Gasteiger partial charge on any atom is -0.384 e. The Hall–Kier alpha value is -0.610. The van der Waals surface area contributed by atoms with Crippen molar-refractivity contribution in [2.75, 3.05) is 39.9 Å². The van der Waals surface area contributed by atoms with Gasteiger partial charge in [-0.15, -0.1) is 0 Å². The summed E-state index contributed by atoms with van der Waals surface area (Å²) in [5.74, 6) is 0.340. The van der Waals surface area contributed by atoms with Gasteiger partial charge in [-0.05, 0) is 37.6 Å². The summed E-state index contributed by atoms with van der Waals surface area (Å²) in [7, 11) is 1.71. The van der Waals surface area contributed by atoms with Gasteiger partial charge in [0.1, 0.15) is 0 Å². The number of rotatable bonds is 3. The fourth-order valence-electron chi connectivity index (χ4n) is 4.54. The van der Waals surface area contributed by atoms with E-state index >= 15 is 0 Å². The van der Waals surface area contributed by atoms with Crippen LogP contribution < -0.4 is 5.32 Å². The molecule has 3 aliphatic rings. The monoisotopic (exact) mass is 280 g/mol. The van der Waals surface area contributed by atoms with Gasteiger partial charge in [-0.2, -0.15) is 0 Å². The van der Waals surface area contributed by atoms with Crippen LogP contribution in [0.3, 0.4) is 0 Å². The number of carbonyl (C=O) groups is 1. The van der Waals surface area contributed by atoms with Crippen LogP contribution in [0, 0.1) is 10.8 Å². The van der Waals surface area contributed by atoms with Crippen molar-refractivity contribution >= 4 is 5.91 Å². The Morgan fingerprint density at radius 2 is 2.00 bits per heavy atom. The summed E-state index contributed by atoms with van der Waals surface area (Å²) in [6.07, 6.45) is 8.88. The Labute approximate surface area is 122 Å². The van der Waals surface area contributed by atoms with Crippen molar-refractivity contribution in [1.82, 2.24) is 10.2 Å². The predicted molar refractivity (Wildman–Crippen MR) is 78.5 cm³/mol. The fraction of sp³-hybridized carbons (Fsp3) is 0.938. The van der Waals surface area contributed by atoms with Gasteiger partial charge in [0.15, 0.2) is 0 Å². The molecule has 1 amide bonds. The topological polar surface area (TPSA) is 41.6 Å². The predicted octanol–water partition coefficient (Wildman–Crippen LogP) is 1.80. The van der Waals surface area contributed by atoms with E-state index in [0.29, 0.717) is 17.9 Å². The van der Waals surface area contributed by atoms with Crippen molar-refractivity contribution in [3.63, 3.8) is 0 Å². The van der Waals surface area contributed by atoms with Gasteiger partial charge >= 0.3 is 0 Å². The molecule has 1 saturated carbocycles. The van der Waals surface area contributed by atoms with Crippen molar-refractivity contribution in [2.45, 2.75) is 44.9 Å². The van der Waals surface area contributed by atoms with Crippen LogP contribution >= 0.6 is 0 Å². The lowest BCUT2D eigenvalue weighted by molar-refractivity contribution is -0.143. The number of likely N-dealkylation sites (tertiary alicyclic amines) is 1. The Balaban J connectivity index is 1.68. The molecule has 1 atom stereocenters. The van der Waals surface area contributed by atoms with Crippen molar-refractivity contribution in [3.8, 4) is 0 Å². The van der Waals surface area contributed by atoms with Crippen LogP contribution in [-0.4, -0.2) is 50.7 Å². The van der Waals surface area contributed by atoms with Gasteiger partial charge in [-0.25, -0.2) is 0 Å². The zero-order chi connectivity index (χ0) is 14.1. The van der Waals surface area contributed by atoms with Crippen LogP contribution in [-0.2, 0) is 9.53 Å². The normalized spacial score (nSPS) is 33.0. The van der Waals surface area contributed by atoms with Crippen molar-refractivity contribution < 1.29 is 9.53 Å². The SMILES string of the molecule is COCC1(C(=O)N2CCC3(CCCCC3)C2)CCNC1. The molecule has 0 bridgehead atoms. The molecular formula is C16H28N2O2. The summed E-state index contributed by atoms with van der Waals surface area (Å²) >= 11 is 0. The van der Waals surface area contributed by atoms with E-state index in [1.807, 2.05) is 0 Å². The molecule has 3 fully saturated rings. The standard InChI is InChI=1S/C16H28N2O2/c1-20-13-16(7-9-17-11-16)14(19)18-10-8-15(12-18)5-3-2-4-6-15/h17H,2-13H2,1H3. The molecule has 114 valence electrons. The minimum atomic E-state index is -0.297. The molecule has 1 unspecified atom stereocenters. The van der Waals surface area contributed by atoms with E-state index in [9.17, 15) is 4.79 Å². The summed E-state index contributed by atoms with van der Waals surface area (Å²) in [6.45, 7) is 4.24. The van der Waals surface area contributed by atoms with E-state index in [2.05, 4.69) is 10.2 Å². The molecule has 0 aromatic carbocycles. The van der Waals surface area contributed by atoms with Crippen molar-refractivity contribution in [2.24, 2.45) is 10.8 Å². The van der Waals surface area contributed by atoms with Gasteiger partial charge < -0.3 is 15.0 Å². The first-order chi connectivity index (χ1) is 9.70. The van der Waals surface area contributed by atoms with Crippen LogP contribution in [0.1, 0.15) is 44.9 Å². The Morgan fingerprint density at radius 3 is 2.65 bits per heavy atom. The molecule has 1 aliphatic carbocycles. The van der Waals surface area contributed by atoms with Gasteiger partial charge in [-0.3, -0.25) is 4.79 Å². The van der Waals surface area contributed by atoms with Crippen LogP contribution in [0.2, 0.25) is 0 Å². The summed E-state index contributed by atoms with van der Waals surface area (Å²) in [6, 6.07) is 0. The maximum Gasteiger partial charge on any atom is 0.232 e. The van der Waals surface area contributed by atoms with Crippen molar-refractivity contribution in [3.05, 3.63) is 0 Å². The molecule has 0 aromatic rings. The highest BCUT2D eigenvalue weighted by Gasteiger charge is 2.48. The van der Waals surface area contributed by atoms with E-state index in [-0.39, 0.29) is 5.41 Å². The Kier molecular flexibility index (Phi) is 4.04. The van der Waals surface area contributed by atoms with E-state index in [1.165, 1.54) is 38.5 Å². The molecule has 4 nitrogen and oxygen atoms in total. The highest BCUT2D eigenvalue weighted by Crippen LogP contribution is 2.45. The molecule has 0 radical (unpaired) electrons. The zero-order valence-electron chi connectivity index (χ0n) is 12.7. The number of nitrogens with one attached hydrogen (secondary N) is 1. The van der Waals surface area contributed by atoms with Crippen LogP contribution in [0.5, 0.6) is 0 Å². The third-order valence-corrected chi connectivity index (χ3v) is 5.76. The Morgan fingerprint density at radius 1 is 1.20 bits per heavy atom. The van der Waals surface area contributed by atoms with Crippen LogP contribution in [0.15, 0.2) is 0 Å². The number of hydrogen-bond acceptors (Lipinski definition) is 3. The Bertz CT molecular complexity index is 357. The molecule has 4 heteroatoms. The smallest absolute Gasteiger partial charge is 0.232 e. The quantitative estimate of drug-likeness (QED) is 0.857. The first kappa shape index (κ1) is 14.3. The van der Waals surface area contributed by atoms with Crippen molar-refractivity contribution in [1.29, 1.82) is 0 Å². The molecule has 2 aliphatic heterocycles. The third kappa shape index (κ3) is 2.48. The molecular weight excluding hydrogens is 252 g/mol. The highest BCUT2D eigenvalue weighted by molar-refractivity contribution is 5.84. The fourth-order valence-corrected chi connectivity index (χ4v) is 4.54.